The van der Waals surface area contributed by atoms with Crippen molar-refractivity contribution >= 4 is 29.1 Å². The maximum Gasteiger partial charge on any atom is 0.410 e. The van der Waals surface area contributed by atoms with Crippen molar-refractivity contribution in [3.05, 3.63) is 42.1 Å². The van der Waals surface area contributed by atoms with Gasteiger partial charge in [-0.1, -0.05) is 24.3 Å². The first kappa shape index (κ1) is 18.8. The minimum absolute atomic E-state index is 0.317. The van der Waals surface area contributed by atoms with Gasteiger partial charge in [0.05, 0.1) is 11.7 Å². The first-order valence-electron chi connectivity index (χ1n) is 9.01. The van der Waals surface area contributed by atoms with E-state index in [0.29, 0.717) is 13.0 Å². The van der Waals surface area contributed by atoms with Crippen molar-refractivity contribution < 1.29 is 14.3 Å². The summed E-state index contributed by atoms with van der Waals surface area (Å²) in [6.07, 6.45) is 4.17. The molecule has 0 unspecified atom stereocenters. The lowest BCUT2D eigenvalue weighted by Gasteiger charge is -2.27. The number of hydrogen-bond donors (Lipinski definition) is 1. The van der Waals surface area contributed by atoms with Gasteiger partial charge in [0.2, 0.25) is 0 Å². The van der Waals surface area contributed by atoms with E-state index in [1.807, 2.05) is 30.3 Å². The van der Waals surface area contributed by atoms with Crippen molar-refractivity contribution in [2.45, 2.75) is 45.3 Å². The molecule has 2 heterocycles. The highest BCUT2D eigenvalue weighted by molar-refractivity contribution is 5.97. The molecule has 7 heteroatoms. The summed E-state index contributed by atoms with van der Waals surface area (Å²) >= 11 is 0. The number of hydrogen-bond acceptors (Lipinski definition) is 5. The number of amides is 2. The Balaban J connectivity index is 1.66. The van der Waals surface area contributed by atoms with E-state index in [0.717, 1.165) is 22.9 Å². The van der Waals surface area contributed by atoms with Crippen LogP contribution in [0.3, 0.4) is 0 Å². The van der Waals surface area contributed by atoms with Crippen LogP contribution in [0.1, 0.15) is 39.2 Å². The summed E-state index contributed by atoms with van der Waals surface area (Å²) in [6, 6.07) is 9.03. The molecule has 1 saturated heterocycles. The van der Waals surface area contributed by atoms with E-state index >= 15 is 0 Å². The first-order valence-corrected chi connectivity index (χ1v) is 9.01. The standard InChI is InChI=1S/C20H24N4O3/c1-20(2,3)27-19(26)24-12-6-10-16(24)18(25)23-22-13-15-8-4-7-14-9-5-11-21-17(14)15/h4-5,7-9,11,13,16H,6,10,12H2,1-3H3,(H,23,25)/b22-13-/t16-/m0/s1. The SMILES string of the molecule is CC(C)(C)OC(=O)N1CCC[C@H]1C(=O)N/N=C\c1cccc2cccnc12. The summed E-state index contributed by atoms with van der Waals surface area (Å²) in [6.45, 7) is 5.92. The topological polar surface area (TPSA) is 83.9 Å². The number of likely N-dealkylation sites (tertiary alicyclic amines) is 1. The first-order chi connectivity index (χ1) is 12.8. The van der Waals surface area contributed by atoms with Crippen LogP contribution in [0.2, 0.25) is 0 Å². The van der Waals surface area contributed by atoms with Crippen LogP contribution in [0.25, 0.3) is 10.9 Å². The van der Waals surface area contributed by atoms with Gasteiger partial charge in [-0.15, -0.1) is 0 Å². The Morgan fingerprint density at radius 3 is 2.85 bits per heavy atom. The van der Waals surface area contributed by atoms with E-state index in [1.54, 1.807) is 33.2 Å². The largest absolute Gasteiger partial charge is 0.444 e. The number of benzene rings is 1. The minimum Gasteiger partial charge on any atom is -0.444 e. The summed E-state index contributed by atoms with van der Waals surface area (Å²) in [5.74, 6) is -0.317. The molecule has 1 atom stereocenters. The molecule has 27 heavy (non-hydrogen) atoms. The number of carbonyl (C=O) groups excluding carboxylic acids is 2. The molecule has 0 bridgehead atoms. The van der Waals surface area contributed by atoms with Gasteiger partial charge >= 0.3 is 6.09 Å². The Morgan fingerprint density at radius 1 is 1.30 bits per heavy atom. The van der Waals surface area contributed by atoms with Gasteiger partial charge in [-0.05, 0) is 39.7 Å². The molecular weight excluding hydrogens is 344 g/mol. The minimum atomic E-state index is -0.597. The highest BCUT2D eigenvalue weighted by Crippen LogP contribution is 2.21. The zero-order valence-corrected chi connectivity index (χ0v) is 15.8. The molecule has 2 amide bonds. The van der Waals surface area contributed by atoms with Crippen LogP contribution in [0.5, 0.6) is 0 Å². The van der Waals surface area contributed by atoms with E-state index in [9.17, 15) is 9.59 Å². The van der Waals surface area contributed by atoms with Crippen molar-refractivity contribution in [1.29, 1.82) is 0 Å². The Bertz CT molecular complexity index is 868. The van der Waals surface area contributed by atoms with Gasteiger partial charge in [-0.25, -0.2) is 10.2 Å². The molecule has 0 aliphatic carbocycles. The van der Waals surface area contributed by atoms with E-state index < -0.39 is 17.7 Å². The second-order valence-corrected chi connectivity index (χ2v) is 7.49. The molecule has 1 aromatic heterocycles. The number of pyridine rings is 1. The quantitative estimate of drug-likeness (QED) is 0.666. The molecule has 7 nitrogen and oxygen atoms in total. The molecule has 1 aliphatic heterocycles. The van der Waals surface area contributed by atoms with Crippen LogP contribution in [0.4, 0.5) is 4.79 Å². The summed E-state index contributed by atoms with van der Waals surface area (Å²) < 4.78 is 5.38. The number of nitrogens with one attached hydrogen (secondary N) is 1. The van der Waals surface area contributed by atoms with E-state index in [-0.39, 0.29) is 5.91 Å². The molecule has 142 valence electrons. The lowest BCUT2D eigenvalue weighted by atomic mass is 10.1. The smallest absolute Gasteiger partial charge is 0.410 e. The average molecular weight is 368 g/mol. The predicted molar refractivity (Wildman–Crippen MR) is 103 cm³/mol. The van der Waals surface area contributed by atoms with Crippen LogP contribution in [-0.4, -0.2) is 46.3 Å². The van der Waals surface area contributed by atoms with Crippen molar-refractivity contribution in [3.8, 4) is 0 Å². The number of hydrazone groups is 1. The second kappa shape index (κ2) is 7.73. The van der Waals surface area contributed by atoms with Gasteiger partial charge in [0.25, 0.3) is 5.91 Å². The maximum absolute atomic E-state index is 12.5. The Kier molecular flexibility index (Phi) is 5.39. The van der Waals surface area contributed by atoms with Gasteiger partial charge in [-0.2, -0.15) is 5.10 Å². The maximum atomic E-state index is 12.5. The van der Waals surface area contributed by atoms with Crippen LogP contribution in [0.15, 0.2) is 41.6 Å². The van der Waals surface area contributed by atoms with Crippen LogP contribution in [0, 0.1) is 0 Å². The highest BCUT2D eigenvalue weighted by Gasteiger charge is 2.36. The normalized spacial score (nSPS) is 17.4. The van der Waals surface area contributed by atoms with Gasteiger partial charge < -0.3 is 4.74 Å². The molecule has 0 radical (unpaired) electrons. The number of aromatic nitrogens is 1. The Labute approximate surface area is 158 Å². The number of nitrogens with zero attached hydrogens (tertiary/aromatic N) is 3. The second-order valence-electron chi connectivity index (χ2n) is 7.49. The third-order valence-corrected chi connectivity index (χ3v) is 4.23. The molecule has 3 rings (SSSR count). The fourth-order valence-electron chi connectivity index (χ4n) is 3.05. The Morgan fingerprint density at radius 2 is 2.07 bits per heavy atom. The summed E-state index contributed by atoms with van der Waals surface area (Å²) in [5.41, 5.74) is 3.56. The van der Waals surface area contributed by atoms with Crippen LogP contribution < -0.4 is 5.43 Å². The average Bonchev–Trinajstić information content (AvgIpc) is 3.10. The molecule has 1 aromatic carbocycles. The summed E-state index contributed by atoms with van der Waals surface area (Å²) in [5, 5.41) is 5.06. The molecule has 1 fully saturated rings. The van der Waals surface area contributed by atoms with Crippen molar-refractivity contribution in [2.75, 3.05) is 6.54 Å². The molecule has 2 aromatic rings. The number of ether oxygens (including phenoxy) is 1. The molecule has 1 N–H and O–H groups in total. The van der Waals surface area contributed by atoms with Crippen molar-refractivity contribution in [2.24, 2.45) is 5.10 Å². The number of para-hydroxylation sites is 1. The molecule has 0 spiro atoms. The lowest BCUT2D eigenvalue weighted by Crippen LogP contribution is -2.46. The highest BCUT2D eigenvalue weighted by atomic mass is 16.6. The predicted octanol–water partition coefficient (Wildman–Crippen LogP) is 3.08. The van der Waals surface area contributed by atoms with Crippen molar-refractivity contribution in [3.63, 3.8) is 0 Å². The molecule has 1 aliphatic rings. The monoisotopic (exact) mass is 368 g/mol. The van der Waals surface area contributed by atoms with Crippen LogP contribution in [-0.2, 0) is 9.53 Å². The molecule has 0 saturated carbocycles. The zero-order chi connectivity index (χ0) is 19.4. The van der Waals surface area contributed by atoms with E-state index in [1.165, 1.54) is 4.90 Å². The van der Waals surface area contributed by atoms with Crippen LogP contribution >= 0.6 is 0 Å². The summed E-state index contributed by atoms with van der Waals surface area (Å²) in [7, 11) is 0. The lowest BCUT2D eigenvalue weighted by molar-refractivity contribution is -0.125. The van der Waals surface area contributed by atoms with Gasteiger partial charge in [0.1, 0.15) is 11.6 Å². The number of carbonyl (C=O) groups is 2. The summed E-state index contributed by atoms with van der Waals surface area (Å²) in [4.78, 5) is 30.6. The van der Waals surface area contributed by atoms with E-state index in [2.05, 4.69) is 15.5 Å². The zero-order valence-electron chi connectivity index (χ0n) is 15.8. The van der Waals surface area contributed by atoms with Crippen molar-refractivity contribution in [1.82, 2.24) is 15.3 Å². The van der Waals surface area contributed by atoms with E-state index in [4.69, 9.17) is 4.74 Å². The number of fused-ring (bicyclic) bond motifs is 1. The third kappa shape index (κ3) is 4.61. The Hall–Kier alpha value is -2.96. The molecular formula is C20H24N4O3. The third-order valence-electron chi connectivity index (χ3n) is 4.23. The fraction of sp³-hybridized carbons (Fsp3) is 0.400. The van der Waals surface area contributed by atoms with Gasteiger partial charge in [0, 0.05) is 23.7 Å². The fourth-order valence-corrected chi connectivity index (χ4v) is 3.05. The number of rotatable bonds is 3. The van der Waals surface area contributed by atoms with Gasteiger partial charge in [-0.3, -0.25) is 14.7 Å². The van der Waals surface area contributed by atoms with Gasteiger partial charge in [0.15, 0.2) is 0 Å².